The van der Waals surface area contributed by atoms with Crippen LogP contribution in [0.1, 0.15) is 78.6 Å². The van der Waals surface area contributed by atoms with Crippen molar-refractivity contribution in [3.63, 3.8) is 0 Å². The van der Waals surface area contributed by atoms with Crippen LogP contribution >= 0.6 is 0 Å². The standard InChI is InChI=1S/C22H29N5O2/c1-11(2)27-20-19(14(5)26-27)16(9-18(25-20)15-6-7-15)21(28)23-10-17-12(3)8-13(4)24-22(17)29/h8-9,11,15,21,23,28H,6-7,10H2,1-5H3,(H,24,29). The number of fused-ring (bicyclic) bond motifs is 1. The molecule has 0 bridgehead atoms. The summed E-state index contributed by atoms with van der Waals surface area (Å²) in [4.78, 5) is 20.0. The normalized spacial score (nSPS) is 15.4. The number of aliphatic hydroxyl groups is 1. The highest BCUT2D eigenvalue weighted by atomic mass is 16.3. The average Bonchev–Trinajstić information content (AvgIpc) is 3.44. The van der Waals surface area contributed by atoms with Crippen molar-refractivity contribution in [1.82, 2.24) is 25.1 Å². The quantitative estimate of drug-likeness (QED) is 0.557. The third-order valence-corrected chi connectivity index (χ3v) is 5.63. The van der Waals surface area contributed by atoms with Gasteiger partial charge < -0.3 is 10.1 Å². The lowest BCUT2D eigenvalue weighted by atomic mass is 10.1. The first kappa shape index (κ1) is 19.8. The van der Waals surface area contributed by atoms with Crippen molar-refractivity contribution in [2.24, 2.45) is 0 Å². The number of nitrogens with zero attached hydrogens (tertiary/aromatic N) is 3. The number of aromatic nitrogens is 4. The fraction of sp³-hybridized carbons (Fsp3) is 0.500. The van der Waals surface area contributed by atoms with E-state index in [1.54, 1.807) is 0 Å². The van der Waals surface area contributed by atoms with Crippen molar-refractivity contribution < 1.29 is 5.11 Å². The monoisotopic (exact) mass is 395 g/mol. The van der Waals surface area contributed by atoms with Crippen LogP contribution in [-0.4, -0.2) is 24.9 Å². The minimum absolute atomic E-state index is 0.121. The molecule has 0 radical (unpaired) electrons. The molecule has 1 fully saturated rings. The number of aliphatic hydroxyl groups excluding tert-OH is 1. The third kappa shape index (κ3) is 3.72. The highest BCUT2D eigenvalue weighted by molar-refractivity contribution is 5.83. The van der Waals surface area contributed by atoms with Gasteiger partial charge in [-0.2, -0.15) is 5.10 Å². The zero-order chi connectivity index (χ0) is 20.9. The number of hydrogen-bond donors (Lipinski definition) is 3. The Balaban J connectivity index is 1.72. The lowest BCUT2D eigenvalue weighted by Crippen LogP contribution is -2.26. The molecule has 0 aliphatic heterocycles. The van der Waals surface area contributed by atoms with E-state index in [9.17, 15) is 9.90 Å². The second-order valence-corrected chi connectivity index (χ2v) is 8.46. The molecule has 29 heavy (non-hydrogen) atoms. The summed E-state index contributed by atoms with van der Waals surface area (Å²) in [6.07, 6.45) is 1.35. The second-order valence-electron chi connectivity index (χ2n) is 8.46. The van der Waals surface area contributed by atoms with Gasteiger partial charge in [0.05, 0.1) is 5.69 Å². The number of nitrogens with one attached hydrogen (secondary N) is 2. The van der Waals surface area contributed by atoms with Crippen molar-refractivity contribution in [1.29, 1.82) is 0 Å². The highest BCUT2D eigenvalue weighted by Crippen LogP contribution is 2.41. The molecule has 3 aromatic rings. The molecule has 1 atom stereocenters. The zero-order valence-corrected chi connectivity index (χ0v) is 17.7. The van der Waals surface area contributed by atoms with E-state index in [1.165, 1.54) is 0 Å². The number of aryl methyl sites for hydroxylation is 3. The molecule has 0 saturated heterocycles. The van der Waals surface area contributed by atoms with Crippen LogP contribution < -0.4 is 10.9 Å². The summed E-state index contributed by atoms with van der Waals surface area (Å²) >= 11 is 0. The molecule has 1 unspecified atom stereocenters. The van der Waals surface area contributed by atoms with E-state index in [0.29, 0.717) is 11.5 Å². The largest absolute Gasteiger partial charge is 0.374 e. The van der Waals surface area contributed by atoms with Crippen LogP contribution in [0.25, 0.3) is 11.0 Å². The van der Waals surface area contributed by atoms with Gasteiger partial charge in [-0.1, -0.05) is 0 Å². The van der Waals surface area contributed by atoms with Crippen LogP contribution in [0.5, 0.6) is 0 Å². The SMILES string of the molecule is Cc1cc(C)c(CNC(O)c2cc(C3CC3)nc3c2c(C)nn3C(C)C)c(=O)[nH]1. The first-order valence-electron chi connectivity index (χ1n) is 10.3. The van der Waals surface area contributed by atoms with E-state index in [-0.39, 0.29) is 18.1 Å². The molecule has 0 spiro atoms. The Morgan fingerprint density at radius 3 is 2.62 bits per heavy atom. The molecule has 3 aromatic heterocycles. The van der Waals surface area contributed by atoms with E-state index in [1.807, 2.05) is 37.6 Å². The van der Waals surface area contributed by atoms with E-state index >= 15 is 0 Å². The smallest absolute Gasteiger partial charge is 0.252 e. The van der Waals surface area contributed by atoms with E-state index < -0.39 is 6.23 Å². The Hall–Kier alpha value is -2.51. The summed E-state index contributed by atoms with van der Waals surface area (Å²) in [6.45, 7) is 10.2. The van der Waals surface area contributed by atoms with Gasteiger partial charge in [-0.15, -0.1) is 0 Å². The Morgan fingerprint density at radius 1 is 1.28 bits per heavy atom. The van der Waals surface area contributed by atoms with Crippen LogP contribution in [-0.2, 0) is 6.54 Å². The third-order valence-electron chi connectivity index (χ3n) is 5.63. The van der Waals surface area contributed by atoms with Gasteiger partial charge in [0.1, 0.15) is 6.23 Å². The molecule has 1 aliphatic rings. The van der Waals surface area contributed by atoms with Gasteiger partial charge in [0, 0.05) is 46.4 Å². The highest BCUT2D eigenvalue weighted by Gasteiger charge is 2.29. The van der Waals surface area contributed by atoms with Gasteiger partial charge in [0.2, 0.25) is 0 Å². The van der Waals surface area contributed by atoms with Crippen LogP contribution in [0.15, 0.2) is 16.9 Å². The molecule has 0 amide bonds. The Kier molecular flexibility index (Phi) is 5.04. The summed E-state index contributed by atoms with van der Waals surface area (Å²) in [5, 5.41) is 19.7. The predicted molar refractivity (Wildman–Crippen MR) is 113 cm³/mol. The molecule has 7 nitrogen and oxygen atoms in total. The molecule has 7 heteroatoms. The molecule has 3 N–H and O–H groups in total. The number of H-pyrrole nitrogens is 1. The molecule has 4 rings (SSSR count). The molecular weight excluding hydrogens is 366 g/mol. The van der Waals surface area contributed by atoms with Gasteiger partial charge in [0.15, 0.2) is 5.65 Å². The van der Waals surface area contributed by atoms with Gasteiger partial charge in [-0.3, -0.25) is 10.1 Å². The molecule has 3 heterocycles. The molecular formula is C22H29N5O2. The van der Waals surface area contributed by atoms with Crippen molar-refractivity contribution in [2.45, 2.75) is 72.2 Å². The molecule has 1 aliphatic carbocycles. The molecule has 154 valence electrons. The van der Waals surface area contributed by atoms with E-state index in [2.05, 4.69) is 29.2 Å². The predicted octanol–water partition coefficient (Wildman–Crippen LogP) is 3.28. The van der Waals surface area contributed by atoms with Crippen molar-refractivity contribution in [2.75, 3.05) is 0 Å². The number of rotatable bonds is 6. The molecule has 1 saturated carbocycles. The maximum atomic E-state index is 12.3. The summed E-state index contributed by atoms with van der Waals surface area (Å²) in [5.74, 6) is 0.461. The zero-order valence-electron chi connectivity index (χ0n) is 17.7. The van der Waals surface area contributed by atoms with Gasteiger partial charge in [-0.05, 0) is 65.2 Å². The fourth-order valence-electron chi connectivity index (χ4n) is 3.94. The van der Waals surface area contributed by atoms with E-state index in [4.69, 9.17) is 4.98 Å². The maximum absolute atomic E-state index is 12.3. The lowest BCUT2D eigenvalue weighted by molar-refractivity contribution is 0.138. The average molecular weight is 396 g/mol. The summed E-state index contributed by atoms with van der Waals surface area (Å²) in [7, 11) is 0. The van der Waals surface area contributed by atoms with Crippen LogP contribution in [0.3, 0.4) is 0 Å². The van der Waals surface area contributed by atoms with Crippen LogP contribution in [0.4, 0.5) is 0 Å². The fourth-order valence-corrected chi connectivity index (χ4v) is 3.94. The molecule has 0 aromatic carbocycles. The summed E-state index contributed by atoms with van der Waals surface area (Å²) in [5.41, 5.74) is 5.72. The topological polar surface area (TPSA) is 95.8 Å². The van der Waals surface area contributed by atoms with Crippen LogP contribution in [0.2, 0.25) is 0 Å². The van der Waals surface area contributed by atoms with Crippen molar-refractivity contribution >= 4 is 11.0 Å². The van der Waals surface area contributed by atoms with Crippen LogP contribution in [0, 0.1) is 20.8 Å². The lowest BCUT2D eigenvalue weighted by Gasteiger charge is -2.17. The Morgan fingerprint density at radius 2 is 2.00 bits per heavy atom. The maximum Gasteiger partial charge on any atom is 0.252 e. The Labute approximate surface area is 170 Å². The minimum Gasteiger partial charge on any atom is -0.374 e. The van der Waals surface area contributed by atoms with Gasteiger partial charge >= 0.3 is 0 Å². The first-order chi connectivity index (χ1) is 13.8. The van der Waals surface area contributed by atoms with E-state index in [0.717, 1.165) is 52.1 Å². The summed E-state index contributed by atoms with van der Waals surface area (Å²) in [6, 6.07) is 4.13. The van der Waals surface area contributed by atoms with Crippen molar-refractivity contribution in [3.8, 4) is 0 Å². The Bertz CT molecular complexity index is 1120. The summed E-state index contributed by atoms with van der Waals surface area (Å²) < 4.78 is 1.93. The second kappa shape index (κ2) is 7.39. The number of pyridine rings is 2. The minimum atomic E-state index is -0.915. The number of aromatic amines is 1. The first-order valence-corrected chi connectivity index (χ1v) is 10.3. The van der Waals surface area contributed by atoms with Crippen molar-refractivity contribution in [3.05, 3.63) is 56.3 Å². The van der Waals surface area contributed by atoms with Gasteiger partial charge in [-0.25, -0.2) is 9.67 Å². The number of hydrogen-bond acceptors (Lipinski definition) is 5. The van der Waals surface area contributed by atoms with Gasteiger partial charge in [0.25, 0.3) is 5.56 Å².